The summed E-state index contributed by atoms with van der Waals surface area (Å²) in [4.78, 5) is 4.94. The minimum absolute atomic E-state index is 0.0816. The second-order valence-electron chi connectivity index (χ2n) is 27.1. The zero-order chi connectivity index (χ0) is 57.9. The maximum Gasteiger partial charge on any atom is 0.178 e. The molecule has 0 bridgehead atoms. The van der Waals surface area contributed by atoms with E-state index in [1.165, 1.54) is 83.5 Å². The Balaban J connectivity index is 0.816. The van der Waals surface area contributed by atoms with Crippen LogP contribution < -0.4 is 9.80 Å². The Bertz CT molecular complexity index is 5150. The summed E-state index contributed by atoms with van der Waals surface area (Å²) in [5.74, 6) is 0. The second-order valence-corrected chi connectivity index (χ2v) is 27.1. The molecule has 0 saturated carbocycles. The monoisotopic (exact) mass is 1110 g/mol. The van der Waals surface area contributed by atoms with Gasteiger partial charge >= 0.3 is 0 Å². The van der Waals surface area contributed by atoms with Gasteiger partial charge in [-0.3, -0.25) is 0 Å². The second kappa shape index (κ2) is 17.0. The molecule has 0 unspecified atom stereocenters. The lowest BCUT2D eigenvalue weighted by molar-refractivity contribution is 0.607. The van der Waals surface area contributed by atoms with Crippen LogP contribution in [0.5, 0.6) is 0 Å². The van der Waals surface area contributed by atoms with E-state index in [-0.39, 0.29) is 21.7 Å². The Kier molecular flexibility index (Phi) is 9.86. The third kappa shape index (κ3) is 6.54. The molecule has 0 aliphatic heterocycles. The number of anilines is 6. The molecule has 11 aromatic carbocycles. The lowest BCUT2D eigenvalue weighted by Crippen LogP contribution is -2.19. The predicted molar refractivity (Wildman–Crippen MR) is 359 cm³/mol. The summed E-state index contributed by atoms with van der Waals surface area (Å²) < 4.78 is 14.6. The normalized spacial score (nSPS) is 16.6. The molecule has 18 rings (SSSR count). The first-order chi connectivity index (χ1) is 41.7. The Labute approximate surface area is 502 Å². The molecule has 0 radical (unpaired) electrons. The lowest BCUT2D eigenvalue weighted by atomic mass is 9.78. The molecule has 414 valence electrons. The molecule has 0 spiro atoms. The van der Waals surface area contributed by atoms with Crippen molar-refractivity contribution in [2.45, 2.75) is 89.9 Å². The van der Waals surface area contributed by atoms with Crippen LogP contribution in [-0.4, -0.2) is 0 Å². The third-order valence-corrected chi connectivity index (χ3v) is 21.2. The molecule has 0 saturated heterocycles. The van der Waals surface area contributed by atoms with Crippen LogP contribution in [0.1, 0.15) is 113 Å². The smallest absolute Gasteiger partial charge is 0.178 e. The van der Waals surface area contributed by atoms with Gasteiger partial charge in [0, 0.05) is 89.2 Å². The topological polar surface area (TPSA) is 32.8 Å². The van der Waals surface area contributed by atoms with Crippen LogP contribution in [0.2, 0.25) is 0 Å². The summed E-state index contributed by atoms with van der Waals surface area (Å²) in [6.45, 7) is 19.1. The van der Waals surface area contributed by atoms with Crippen molar-refractivity contribution in [1.82, 2.24) is 0 Å². The van der Waals surface area contributed by atoms with Gasteiger partial charge in [0.1, 0.15) is 11.2 Å². The predicted octanol–water partition coefficient (Wildman–Crippen LogP) is 22.9. The van der Waals surface area contributed by atoms with Crippen LogP contribution in [-0.2, 0) is 21.7 Å². The van der Waals surface area contributed by atoms with Crippen LogP contribution in [0.3, 0.4) is 0 Å². The van der Waals surface area contributed by atoms with Gasteiger partial charge in [0.25, 0.3) is 0 Å². The number of rotatable bonds is 6. The van der Waals surface area contributed by atoms with E-state index in [1.807, 2.05) is 0 Å². The summed E-state index contributed by atoms with van der Waals surface area (Å²) in [5.41, 5.74) is 30.7. The zero-order valence-electron chi connectivity index (χ0n) is 49.9. The molecule has 5 aliphatic rings. The average molecular weight is 1110 g/mol. The van der Waals surface area contributed by atoms with E-state index in [0.717, 1.165) is 102 Å². The van der Waals surface area contributed by atoms with Gasteiger partial charge in [-0.2, -0.15) is 0 Å². The first kappa shape index (κ1) is 49.8. The highest BCUT2D eigenvalue weighted by Crippen LogP contribution is 2.57. The molecule has 4 heteroatoms. The van der Waals surface area contributed by atoms with Gasteiger partial charge in [-0.25, -0.2) is 0 Å². The number of allylic oxidation sites excluding steroid dienone is 4. The molecule has 13 aromatic rings. The van der Waals surface area contributed by atoms with Gasteiger partial charge in [-0.05, 0) is 174 Å². The van der Waals surface area contributed by atoms with E-state index in [0.29, 0.717) is 0 Å². The highest BCUT2D eigenvalue weighted by molar-refractivity contribution is 6.27. The van der Waals surface area contributed by atoms with E-state index in [1.54, 1.807) is 5.57 Å². The maximum absolute atomic E-state index is 7.33. The molecule has 86 heavy (non-hydrogen) atoms. The minimum atomic E-state index is -0.184. The molecule has 0 amide bonds. The molecule has 4 nitrogen and oxygen atoms in total. The van der Waals surface area contributed by atoms with Crippen LogP contribution in [0.15, 0.2) is 233 Å². The van der Waals surface area contributed by atoms with E-state index < -0.39 is 0 Å². The Morgan fingerprint density at radius 1 is 0.326 bits per heavy atom. The summed E-state index contributed by atoms with van der Waals surface area (Å²) in [6.07, 6.45) is 6.89. The number of hydrogen-bond donors (Lipinski definition) is 0. The summed E-state index contributed by atoms with van der Waals surface area (Å²) in [5, 5.41) is 6.47. The fourth-order valence-electron chi connectivity index (χ4n) is 16.7. The van der Waals surface area contributed by atoms with E-state index in [9.17, 15) is 0 Å². The van der Waals surface area contributed by atoms with Gasteiger partial charge in [-0.15, -0.1) is 0 Å². The summed E-state index contributed by atoms with van der Waals surface area (Å²) in [6, 6.07) is 77.7. The molecule has 2 heterocycles. The first-order valence-electron chi connectivity index (χ1n) is 30.8. The van der Waals surface area contributed by atoms with Crippen molar-refractivity contribution in [3.63, 3.8) is 0 Å². The van der Waals surface area contributed by atoms with Gasteiger partial charge in [0.05, 0.1) is 5.69 Å². The first-order valence-corrected chi connectivity index (χ1v) is 30.8. The number of furan rings is 2. The quantitative estimate of drug-likeness (QED) is 0.166. The Morgan fingerprint density at radius 3 is 1.31 bits per heavy atom. The van der Waals surface area contributed by atoms with Crippen molar-refractivity contribution in [2.24, 2.45) is 0 Å². The fourth-order valence-corrected chi connectivity index (χ4v) is 16.7. The summed E-state index contributed by atoms with van der Waals surface area (Å²) in [7, 11) is 0. The van der Waals surface area contributed by atoms with Crippen molar-refractivity contribution >= 4 is 94.3 Å². The lowest BCUT2D eigenvalue weighted by Gasteiger charge is -2.30. The molecule has 0 fully saturated rings. The number of fused-ring (bicyclic) bond motifs is 20. The Morgan fingerprint density at radius 2 is 0.744 bits per heavy atom. The highest BCUT2D eigenvalue weighted by Gasteiger charge is 2.41. The van der Waals surface area contributed by atoms with Gasteiger partial charge in [-0.1, -0.05) is 194 Å². The molecular weight excluding hydrogens is 1040 g/mol. The molecule has 2 aromatic heterocycles. The van der Waals surface area contributed by atoms with Gasteiger partial charge in [0.15, 0.2) is 11.2 Å². The summed E-state index contributed by atoms with van der Waals surface area (Å²) >= 11 is 0. The number of benzene rings is 11. The molecule has 0 atom stereocenters. The van der Waals surface area contributed by atoms with Crippen LogP contribution >= 0.6 is 0 Å². The SMILES string of the molecule is CC1(C)C2=C(C=CCC2)c2ccc(N(c3ccc4c(c3)C(C)(C)c3ccccc3-4)c3ccc4c(c3)oc3c4ccc4c3oc3cc(N(c5ccc6c(c5)C(C)(C)c5ccccc5-6)c5ccc6c(c5)C(C)(C)c5ccccc5-6)c5ccccc5c34)cc21. The largest absolute Gasteiger partial charge is 0.452 e. The zero-order valence-corrected chi connectivity index (χ0v) is 49.9. The van der Waals surface area contributed by atoms with E-state index in [2.05, 4.69) is 284 Å². The van der Waals surface area contributed by atoms with Crippen molar-refractivity contribution in [3.8, 4) is 33.4 Å². The van der Waals surface area contributed by atoms with Gasteiger partial charge in [0.2, 0.25) is 0 Å². The minimum Gasteiger partial charge on any atom is -0.452 e. The van der Waals surface area contributed by atoms with E-state index in [4.69, 9.17) is 8.83 Å². The van der Waals surface area contributed by atoms with Crippen LogP contribution in [0.25, 0.3) is 93.6 Å². The standard InChI is InChI=1S/C82H64N2O2/c1-79(2)65-25-15-11-19-52(65)56-34-29-47(41-69(56)79)83(48-30-35-57-53-20-12-16-26-66(53)80(3,4)70(57)42-48)51-33-38-61-63-39-40-64-76-62-24-10-9-23-60(62)73(46-75(76)86-78(64)77(63)85-74(61)45-51)84(49-31-36-58-54-21-13-17-27-67(54)81(5,6)71(58)43-49)50-32-37-59-55-22-14-18-28-68(55)82(7,8)72(59)44-50/h9-15,17-25,27-46H,16,26H2,1-8H3. The average Bonchev–Trinajstić information content (AvgIpc) is 1.89. The van der Waals surface area contributed by atoms with Crippen molar-refractivity contribution < 1.29 is 8.83 Å². The van der Waals surface area contributed by atoms with Crippen molar-refractivity contribution in [2.75, 3.05) is 9.80 Å². The fraction of sp³-hybridized carbons (Fsp3) is 0.171. The molecule has 5 aliphatic carbocycles. The molecule has 0 N–H and O–H groups in total. The van der Waals surface area contributed by atoms with Crippen molar-refractivity contribution in [3.05, 3.63) is 268 Å². The van der Waals surface area contributed by atoms with Crippen LogP contribution in [0.4, 0.5) is 34.1 Å². The van der Waals surface area contributed by atoms with Crippen LogP contribution in [0, 0.1) is 0 Å². The van der Waals surface area contributed by atoms with E-state index >= 15 is 0 Å². The number of nitrogens with zero attached hydrogens (tertiary/aromatic N) is 2. The number of hydrogen-bond acceptors (Lipinski definition) is 4. The molecular formula is C82H64N2O2. The van der Waals surface area contributed by atoms with Gasteiger partial charge < -0.3 is 18.6 Å². The third-order valence-electron chi connectivity index (χ3n) is 21.2. The van der Waals surface area contributed by atoms with Crippen molar-refractivity contribution in [1.29, 1.82) is 0 Å². The highest BCUT2D eigenvalue weighted by atomic mass is 16.4. The maximum atomic E-state index is 7.33. The Hall–Kier alpha value is -9.64.